The van der Waals surface area contributed by atoms with E-state index in [1.807, 2.05) is 11.8 Å². The number of urea groups is 1. The van der Waals surface area contributed by atoms with Crippen molar-refractivity contribution in [1.82, 2.24) is 10.2 Å². The van der Waals surface area contributed by atoms with Crippen LogP contribution >= 0.6 is 11.8 Å². The lowest BCUT2D eigenvalue weighted by molar-refractivity contribution is -0.138. The van der Waals surface area contributed by atoms with E-state index in [1.165, 1.54) is 6.92 Å². The summed E-state index contributed by atoms with van der Waals surface area (Å²) in [6, 6.07) is -1.10. The van der Waals surface area contributed by atoms with Gasteiger partial charge in [0.05, 0.1) is 0 Å². The maximum atomic E-state index is 11.6. The van der Waals surface area contributed by atoms with Gasteiger partial charge in [0.25, 0.3) is 0 Å². The molecule has 2 amide bonds. The second-order valence-electron chi connectivity index (χ2n) is 3.46. The van der Waals surface area contributed by atoms with Crippen molar-refractivity contribution in [3.8, 4) is 0 Å². The van der Waals surface area contributed by atoms with Gasteiger partial charge in [-0.1, -0.05) is 0 Å². The number of thioether (sulfide) groups is 1. The van der Waals surface area contributed by atoms with E-state index in [9.17, 15) is 9.59 Å². The van der Waals surface area contributed by atoms with Gasteiger partial charge in [-0.25, -0.2) is 4.79 Å². The molecule has 15 heavy (non-hydrogen) atoms. The zero-order valence-electron chi connectivity index (χ0n) is 8.73. The van der Waals surface area contributed by atoms with Gasteiger partial charge in [0, 0.05) is 18.8 Å². The summed E-state index contributed by atoms with van der Waals surface area (Å²) in [5.74, 6) is 0.986. The van der Waals surface area contributed by atoms with Crippen LogP contribution in [0.4, 0.5) is 4.79 Å². The molecule has 0 aromatic rings. The first-order chi connectivity index (χ1) is 7.11. The van der Waals surface area contributed by atoms with Gasteiger partial charge < -0.3 is 15.3 Å². The summed E-state index contributed by atoms with van der Waals surface area (Å²) in [6.07, 6.45) is 0.972. The van der Waals surface area contributed by atoms with E-state index in [0.717, 1.165) is 17.9 Å². The molecular formula is C9H16N2O3S. The molecule has 0 aromatic heterocycles. The van der Waals surface area contributed by atoms with E-state index in [4.69, 9.17) is 5.11 Å². The summed E-state index contributed by atoms with van der Waals surface area (Å²) in [6.45, 7) is 2.88. The molecule has 1 saturated heterocycles. The normalized spacial score (nSPS) is 19.1. The number of carboxylic acid groups (broad SMARTS) is 1. The minimum absolute atomic E-state index is 0.271. The summed E-state index contributed by atoms with van der Waals surface area (Å²) < 4.78 is 0. The molecule has 5 nitrogen and oxygen atoms in total. The molecule has 86 valence electrons. The van der Waals surface area contributed by atoms with Crippen LogP contribution < -0.4 is 5.32 Å². The van der Waals surface area contributed by atoms with Crippen molar-refractivity contribution in [1.29, 1.82) is 0 Å². The number of carboxylic acids is 1. The fraction of sp³-hybridized carbons (Fsp3) is 0.778. The third kappa shape index (κ3) is 3.99. The molecule has 1 rings (SSSR count). The quantitative estimate of drug-likeness (QED) is 0.732. The topological polar surface area (TPSA) is 69.6 Å². The average Bonchev–Trinajstić information content (AvgIpc) is 2.45. The summed E-state index contributed by atoms with van der Waals surface area (Å²) in [4.78, 5) is 23.8. The molecule has 0 radical (unpaired) electrons. The van der Waals surface area contributed by atoms with Crippen LogP contribution in [0.1, 0.15) is 13.3 Å². The largest absolute Gasteiger partial charge is 0.480 e. The number of amides is 2. The highest BCUT2D eigenvalue weighted by atomic mass is 32.2. The Morgan fingerprint density at radius 1 is 1.40 bits per heavy atom. The monoisotopic (exact) mass is 232 g/mol. The highest BCUT2D eigenvalue weighted by Crippen LogP contribution is 2.09. The molecule has 1 atom stereocenters. The molecule has 0 aliphatic carbocycles. The molecule has 0 bridgehead atoms. The molecule has 1 aliphatic rings. The van der Waals surface area contributed by atoms with Crippen LogP contribution in [-0.2, 0) is 4.79 Å². The Hall–Kier alpha value is -0.910. The van der Waals surface area contributed by atoms with Crippen molar-refractivity contribution < 1.29 is 14.7 Å². The van der Waals surface area contributed by atoms with Crippen LogP contribution in [0.2, 0.25) is 0 Å². The summed E-state index contributed by atoms with van der Waals surface area (Å²) in [7, 11) is 0. The molecule has 2 N–H and O–H groups in total. The van der Waals surface area contributed by atoms with Crippen LogP contribution in [0.3, 0.4) is 0 Å². The number of hydrogen-bond donors (Lipinski definition) is 2. The van der Waals surface area contributed by atoms with E-state index < -0.39 is 12.0 Å². The van der Waals surface area contributed by atoms with Crippen molar-refractivity contribution in [2.45, 2.75) is 19.4 Å². The minimum atomic E-state index is -1.01. The lowest BCUT2D eigenvalue weighted by Crippen LogP contribution is -2.47. The van der Waals surface area contributed by atoms with Gasteiger partial charge in [-0.15, -0.1) is 0 Å². The smallest absolute Gasteiger partial charge is 0.325 e. The summed E-state index contributed by atoms with van der Waals surface area (Å²) >= 11 is 1.82. The van der Waals surface area contributed by atoms with Crippen LogP contribution in [-0.4, -0.2) is 52.6 Å². The van der Waals surface area contributed by atoms with Crippen LogP contribution in [0.15, 0.2) is 0 Å². The van der Waals surface area contributed by atoms with E-state index in [1.54, 1.807) is 4.90 Å². The third-order valence-corrected chi connectivity index (χ3v) is 3.27. The number of aliphatic carboxylic acids is 1. The Balaban J connectivity index is 2.41. The van der Waals surface area contributed by atoms with Gasteiger partial charge >= 0.3 is 12.0 Å². The third-order valence-electron chi connectivity index (χ3n) is 2.22. The van der Waals surface area contributed by atoms with Crippen molar-refractivity contribution in [2.75, 3.05) is 24.6 Å². The second kappa shape index (κ2) is 5.85. The second-order valence-corrected chi connectivity index (χ2v) is 4.69. The number of rotatable bonds is 2. The van der Waals surface area contributed by atoms with E-state index in [2.05, 4.69) is 5.32 Å². The summed E-state index contributed by atoms with van der Waals surface area (Å²) in [5, 5.41) is 11.1. The number of nitrogens with one attached hydrogen (secondary N) is 1. The first kappa shape index (κ1) is 12.2. The molecule has 0 unspecified atom stereocenters. The molecular weight excluding hydrogens is 216 g/mol. The Kier molecular flexibility index (Phi) is 4.74. The first-order valence-electron chi connectivity index (χ1n) is 4.97. The number of carbonyl (C=O) groups is 2. The van der Waals surface area contributed by atoms with Crippen LogP contribution in [0.25, 0.3) is 0 Å². The lowest BCUT2D eigenvalue weighted by atomic mass is 10.3. The number of carbonyl (C=O) groups excluding carboxylic acids is 1. The van der Waals surface area contributed by atoms with E-state index >= 15 is 0 Å². The van der Waals surface area contributed by atoms with Gasteiger partial charge in [-0.3, -0.25) is 4.79 Å². The molecule has 6 heteroatoms. The van der Waals surface area contributed by atoms with E-state index in [-0.39, 0.29) is 6.03 Å². The maximum Gasteiger partial charge on any atom is 0.325 e. The highest BCUT2D eigenvalue weighted by Gasteiger charge is 2.19. The van der Waals surface area contributed by atoms with Crippen molar-refractivity contribution in [3.63, 3.8) is 0 Å². The predicted molar refractivity (Wildman–Crippen MR) is 59.1 cm³/mol. The fourth-order valence-electron chi connectivity index (χ4n) is 1.29. The Labute approximate surface area is 93.2 Å². The van der Waals surface area contributed by atoms with Crippen molar-refractivity contribution in [3.05, 3.63) is 0 Å². The van der Waals surface area contributed by atoms with Gasteiger partial charge in [-0.05, 0) is 19.1 Å². The molecule has 0 aromatic carbocycles. The highest BCUT2D eigenvalue weighted by molar-refractivity contribution is 7.99. The van der Waals surface area contributed by atoms with E-state index in [0.29, 0.717) is 13.1 Å². The molecule has 0 saturated carbocycles. The number of nitrogens with zero attached hydrogens (tertiary/aromatic N) is 1. The number of hydrogen-bond acceptors (Lipinski definition) is 3. The first-order valence-corrected chi connectivity index (χ1v) is 6.12. The van der Waals surface area contributed by atoms with Crippen molar-refractivity contribution in [2.24, 2.45) is 0 Å². The molecule has 1 heterocycles. The fourth-order valence-corrected chi connectivity index (χ4v) is 2.17. The lowest BCUT2D eigenvalue weighted by Gasteiger charge is -2.21. The minimum Gasteiger partial charge on any atom is -0.480 e. The molecule has 1 fully saturated rings. The van der Waals surface area contributed by atoms with Gasteiger partial charge in [0.2, 0.25) is 0 Å². The van der Waals surface area contributed by atoms with Crippen LogP contribution in [0.5, 0.6) is 0 Å². The Bertz CT molecular complexity index is 240. The SMILES string of the molecule is C[C@H](NC(=O)N1CCCSCC1)C(=O)O. The zero-order chi connectivity index (χ0) is 11.3. The standard InChI is InChI=1S/C9H16N2O3S/c1-7(8(12)13)10-9(14)11-3-2-5-15-6-4-11/h7H,2-6H2,1H3,(H,10,14)(H,12,13)/t7-/m0/s1. The maximum absolute atomic E-state index is 11.6. The van der Waals surface area contributed by atoms with Gasteiger partial charge in [0.1, 0.15) is 6.04 Å². The predicted octanol–water partition coefficient (Wildman–Crippen LogP) is 0.608. The van der Waals surface area contributed by atoms with Crippen molar-refractivity contribution >= 4 is 23.8 Å². The van der Waals surface area contributed by atoms with Crippen LogP contribution in [0, 0.1) is 0 Å². The zero-order valence-corrected chi connectivity index (χ0v) is 9.55. The average molecular weight is 232 g/mol. The molecule has 1 aliphatic heterocycles. The Morgan fingerprint density at radius 3 is 2.80 bits per heavy atom. The summed E-state index contributed by atoms with van der Waals surface area (Å²) in [5.41, 5.74) is 0. The Morgan fingerprint density at radius 2 is 2.13 bits per heavy atom. The van der Waals surface area contributed by atoms with Gasteiger partial charge in [-0.2, -0.15) is 11.8 Å². The van der Waals surface area contributed by atoms with Gasteiger partial charge in [0.15, 0.2) is 0 Å². The molecule has 0 spiro atoms.